The van der Waals surface area contributed by atoms with Gasteiger partial charge in [0, 0.05) is 26.2 Å². The van der Waals surface area contributed by atoms with Crippen molar-refractivity contribution in [3.8, 4) is 0 Å². The molecule has 6 nitrogen and oxygen atoms in total. The van der Waals surface area contributed by atoms with Crippen molar-refractivity contribution in [3.05, 3.63) is 11.9 Å². The summed E-state index contributed by atoms with van der Waals surface area (Å²) in [5, 5.41) is 11.3. The Morgan fingerprint density at radius 3 is 2.60 bits per heavy atom. The number of nitrogens with one attached hydrogen (secondary N) is 1. The van der Waals surface area contributed by atoms with Crippen LogP contribution in [0.15, 0.2) is 6.20 Å². The summed E-state index contributed by atoms with van der Waals surface area (Å²) in [5.41, 5.74) is 0.476. The highest BCUT2D eigenvalue weighted by molar-refractivity contribution is 5.91. The van der Waals surface area contributed by atoms with E-state index in [2.05, 4.69) is 15.6 Å². The van der Waals surface area contributed by atoms with Crippen LogP contribution in [0.5, 0.6) is 0 Å². The molecule has 2 heterocycles. The molecular formula is C14H23N5O. The summed E-state index contributed by atoms with van der Waals surface area (Å²) >= 11 is 0. The third kappa shape index (κ3) is 2.70. The average Bonchev–Trinajstić information content (AvgIpc) is 2.70. The zero-order valence-electron chi connectivity index (χ0n) is 12.1. The molecule has 1 aliphatic heterocycles. The minimum absolute atomic E-state index is 0.00966. The van der Waals surface area contributed by atoms with Crippen molar-refractivity contribution in [1.82, 2.24) is 25.2 Å². The van der Waals surface area contributed by atoms with E-state index in [1.54, 1.807) is 6.20 Å². The number of carbonyl (C=O) groups excluding carboxylic acids is 1. The number of hydrogen-bond acceptors (Lipinski definition) is 4. The molecule has 0 atom stereocenters. The Labute approximate surface area is 119 Å². The molecule has 1 saturated heterocycles. The number of hydrogen-bond donors (Lipinski definition) is 1. The lowest BCUT2D eigenvalue weighted by Crippen LogP contribution is -2.43. The van der Waals surface area contributed by atoms with Crippen LogP contribution in [0.4, 0.5) is 0 Å². The van der Waals surface area contributed by atoms with E-state index < -0.39 is 0 Å². The lowest BCUT2D eigenvalue weighted by Gasteiger charge is -2.27. The monoisotopic (exact) mass is 277 g/mol. The Bertz CT molecular complexity index is 460. The van der Waals surface area contributed by atoms with Crippen molar-refractivity contribution in [2.75, 3.05) is 20.1 Å². The van der Waals surface area contributed by atoms with Gasteiger partial charge in [-0.3, -0.25) is 4.79 Å². The van der Waals surface area contributed by atoms with Gasteiger partial charge in [0.25, 0.3) is 5.91 Å². The number of amides is 1. The summed E-state index contributed by atoms with van der Waals surface area (Å²) < 4.78 is 1.81. The second-order valence-corrected chi connectivity index (χ2v) is 5.96. The first-order valence-electron chi connectivity index (χ1n) is 7.65. The highest BCUT2D eigenvalue weighted by Gasteiger charge is 2.26. The van der Waals surface area contributed by atoms with Gasteiger partial charge < -0.3 is 10.2 Å². The fourth-order valence-electron chi connectivity index (χ4n) is 3.01. The van der Waals surface area contributed by atoms with Crippen molar-refractivity contribution < 1.29 is 4.79 Å². The van der Waals surface area contributed by atoms with Gasteiger partial charge in [0.1, 0.15) is 0 Å². The van der Waals surface area contributed by atoms with Crippen molar-refractivity contribution >= 4 is 5.91 Å². The van der Waals surface area contributed by atoms with Crippen molar-refractivity contribution in [2.45, 2.75) is 50.6 Å². The standard InChI is InChI=1S/C14H23N5O/c1-18(11-6-4-2-3-5-7-11)14(20)13-10-19(17-16-13)12-8-15-9-12/h10-12,15H,2-9H2,1H3. The Balaban J connectivity index is 1.65. The highest BCUT2D eigenvalue weighted by Crippen LogP contribution is 2.22. The summed E-state index contributed by atoms with van der Waals surface area (Å²) in [6.07, 6.45) is 9.06. The van der Waals surface area contributed by atoms with E-state index in [0.29, 0.717) is 17.8 Å². The Hall–Kier alpha value is -1.43. The van der Waals surface area contributed by atoms with E-state index in [1.807, 2.05) is 16.6 Å². The van der Waals surface area contributed by atoms with Crippen LogP contribution in [0, 0.1) is 0 Å². The van der Waals surface area contributed by atoms with Gasteiger partial charge in [0.15, 0.2) is 5.69 Å². The second-order valence-electron chi connectivity index (χ2n) is 5.96. The maximum atomic E-state index is 12.5. The molecule has 3 rings (SSSR count). The van der Waals surface area contributed by atoms with Crippen LogP contribution in [0.2, 0.25) is 0 Å². The van der Waals surface area contributed by atoms with Crippen LogP contribution in [-0.2, 0) is 0 Å². The van der Waals surface area contributed by atoms with Gasteiger partial charge in [0.2, 0.25) is 0 Å². The molecule has 2 fully saturated rings. The SMILES string of the molecule is CN(C(=O)c1cn(C2CNC2)nn1)C1CCCCCC1. The van der Waals surface area contributed by atoms with Crippen LogP contribution in [0.25, 0.3) is 0 Å². The van der Waals surface area contributed by atoms with Crippen LogP contribution in [0.3, 0.4) is 0 Å². The van der Waals surface area contributed by atoms with Gasteiger partial charge >= 0.3 is 0 Å². The number of nitrogens with zero attached hydrogens (tertiary/aromatic N) is 4. The summed E-state index contributed by atoms with van der Waals surface area (Å²) in [6, 6.07) is 0.716. The molecule has 20 heavy (non-hydrogen) atoms. The summed E-state index contributed by atoms with van der Waals surface area (Å²) in [6.45, 7) is 1.82. The quantitative estimate of drug-likeness (QED) is 0.844. The summed E-state index contributed by atoms with van der Waals surface area (Å²) in [5.74, 6) is 0.00966. The van der Waals surface area contributed by atoms with Gasteiger partial charge in [-0.2, -0.15) is 0 Å². The van der Waals surface area contributed by atoms with Gasteiger partial charge in [-0.25, -0.2) is 4.68 Å². The zero-order valence-corrected chi connectivity index (χ0v) is 12.1. The molecule has 0 spiro atoms. The molecule has 0 unspecified atom stereocenters. The first kappa shape index (κ1) is 13.5. The molecule has 110 valence electrons. The normalized spacial score (nSPS) is 21.2. The van der Waals surface area contributed by atoms with E-state index in [-0.39, 0.29) is 5.91 Å². The Morgan fingerprint density at radius 1 is 1.30 bits per heavy atom. The molecule has 1 aromatic heterocycles. The van der Waals surface area contributed by atoms with Crippen LogP contribution in [-0.4, -0.2) is 52.0 Å². The largest absolute Gasteiger partial charge is 0.337 e. The molecule has 0 aromatic carbocycles. The smallest absolute Gasteiger partial charge is 0.276 e. The highest BCUT2D eigenvalue weighted by atomic mass is 16.2. The van der Waals surface area contributed by atoms with E-state index >= 15 is 0 Å². The van der Waals surface area contributed by atoms with E-state index in [4.69, 9.17) is 0 Å². The van der Waals surface area contributed by atoms with E-state index in [0.717, 1.165) is 25.9 Å². The van der Waals surface area contributed by atoms with Gasteiger partial charge in [-0.15, -0.1) is 5.10 Å². The third-order valence-electron chi connectivity index (χ3n) is 4.56. The topological polar surface area (TPSA) is 63.1 Å². The molecule has 1 amide bonds. The lowest BCUT2D eigenvalue weighted by atomic mass is 10.1. The molecule has 1 N–H and O–H groups in total. The number of carbonyl (C=O) groups is 1. The second kappa shape index (κ2) is 5.91. The zero-order chi connectivity index (χ0) is 13.9. The molecule has 1 aliphatic carbocycles. The van der Waals surface area contributed by atoms with Crippen LogP contribution >= 0.6 is 0 Å². The van der Waals surface area contributed by atoms with E-state index in [1.165, 1.54) is 25.7 Å². The van der Waals surface area contributed by atoms with Gasteiger partial charge in [-0.05, 0) is 12.8 Å². The summed E-state index contributed by atoms with van der Waals surface area (Å²) in [4.78, 5) is 14.4. The molecule has 0 radical (unpaired) electrons. The predicted octanol–water partition coefficient (Wildman–Crippen LogP) is 1.22. The maximum Gasteiger partial charge on any atom is 0.276 e. The van der Waals surface area contributed by atoms with Crippen LogP contribution < -0.4 is 5.32 Å². The maximum absolute atomic E-state index is 12.5. The number of rotatable bonds is 3. The lowest BCUT2D eigenvalue weighted by molar-refractivity contribution is 0.0711. The first-order chi connectivity index (χ1) is 9.75. The molecule has 1 aromatic rings. The summed E-state index contributed by atoms with van der Waals surface area (Å²) in [7, 11) is 1.91. The van der Waals surface area contributed by atoms with Crippen molar-refractivity contribution in [2.24, 2.45) is 0 Å². The van der Waals surface area contributed by atoms with Gasteiger partial charge in [0.05, 0.1) is 12.2 Å². The van der Waals surface area contributed by atoms with Gasteiger partial charge in [-0.1, -0.05) is 30.9 Å². The fraction of sp³-hybridized carbons (Fsp3) is 0.786. The van der Waals surface area contributed by atoms with Crippen LogP contribution in [0.1, 0.15) is 55.1 Å². The molecule has 0 bridgehead atoms. The Kier molecular flexibility index (Phi) is 4.00. The number of aromatic nitrogens is 3. The van der Waals surface area contributed by atoms with E-state index in [9.17, 15) is 4.79 Å². The fourth-order valence-corrected chi connectivity index (χ4v) is 3.01. The molecule has 6 heteroatoms. The third-order valence-corrected chi connectivity index (χ3v) is 4.56. The van der Waals surface area contributed by atoms with Crippen molar-refractivity contribution in [3.63, 3.8) is 0 Å². The minimum atomic E-state index is 0.00966. The minimum Gasteiger partial charge on any atom is -0.337 e. The molecule has 1 saturated carbocycles. The van der Waals surface area contributed by atoms with Crippen molar-refractivity contribution in [1.29, 1.82) is 0 Å². The predicted molar refractivity (Wildman–Crippen MR) is 75.5 cm³/mol. The molecular weight excluding hydrogens is 254 g/mol. The average molecular weight is 277 g/mol. The molecule has 2 aliphatic rings. The first-order valence-corrected chi connectivity index (χ1v) is 7.65. The Morgan fingerprint density at radius 2 is 2.00 bits per heavy atom.